The molecule has 2 aliphatic rings. The maximum atomic E-state index is 13.1. The molecule has 1 atom stereocenters. The second-order valence-electron chi connectivity index (χ2n) is 8.12. The van der Waals surface area contributed by atoms with Gasteiger partial charge in [0.05, 0.1) is 11.0 Å². The zero-order valence-corrected chi connectivity index (χ0v) is 18.0. The van der Waals surface area contributed by atoms with Gasteiger partial charge < -0.3 is 14.5 Å². The Morgan fingerprint density at radius 3 is 2.64 bits per heavy atom. The van der Waals surface area contributed by atoms with Crippen molar-refractivity contribution in [2.24, 2.45) is 0 Å². The van der Waals surface area contributed by atoms with Gasteiger partial charge >= 0.3 is 0 Å². The van der Waals surface area contributed by atoms with E-state index in [4.69, 9.17) is 4.74 Å². The number of ether oxygens (including phenoxy) is 1. The van der Waals surface area contributed by atoms with Gasteiger partial charge in [-0.2, -0.15) is 4.31 Å². The number of nitrogens with zero attached hydrogens (tertiary/aromatic N) is 3. The van der Waals surface area contributed by atoms with Gasteiger partial charge in [0.15, 0.2) is 0 Å². The van der Waals surface area contributed by atoms with E-state index in [9.17, 15) is 13.2 Å². The number of amides is 1. The molecular formula is C20H31N3O4S. The molecule has 1 saturated heterocycles. The average molecular weight is 410 g/mol. The summed E-state index contributed by atoms with van der Waals surface area (Å²) in [4.78, 5) is 16.5. The quantitative estimate of drug-likeness (QED) is 0.709. The molecule has 7 nitrogen and oxygen atoms in total. The van der Waals surface area contributed by atoms with Crippen molar-refractivity contribution in [3.8, 4) is 0 Å². The molecule has 2 aliphatic heterocycles. The van der Waals surface area contributed by atoms with Gasteiger partial charge in [-0.25, -0.2) is 8.42 Å². The van der Waals surface area contributed by atoms with Crippen LogP contribution in [0.5, 0.6) is 0 Å². The number of hydrogen-bond donors (Lipinski definition) is 0. The summed E-state index contributed by atoms with van der Waals surface area (Å²) < 4.78 is 33.2. The second-order valence-corrected chi connectivity index (χ2v) is 10.1. The molecule has 1 fully saturated rings. The molecular weight excluding hydrogens is 378 g/mol. The number of fused-ring (bicyclic) bond motifs is 1. The Hall–Kier alpha value is -1.48. The first kappa shape index (κ1) is 21.2. The standard InChI is InChI=1S/C20H31N3O4S/c1-15(2)27-14-20(24)22-9-7-16-5-6-19(11-17(16)12-22)28(25,26)23-10-8-18(13-23)21(3)4/h5-6,11,15,18H,7-10,12-14H2,1-4H3/t18-/m0/s1. The highest BCUT2D eigenvalue weighted by atomic mass is 32.2. The van der Waals surface area contributed by atoms with Crippen LogP contribution in [0.25, 0.3) is 0 Å². The van der Waals surface area contributed by atoms with E-state index in [0.29, 0.717) is 31.1 Å². The molecule has 0 aliphatic carbocycles. The fourth-order valence-electron chi connectivity index (χ4n) is 3.74. The summed E-state index contributed by atoms with van der Waals surface area (Å²) in [5.74, 6) is -0.0547. The highest BCUT2D eigenvalue weighted by Gasteiger charge is 2.34. The van der Waals surface area contributed by atoms with Crippen LogP contribution in [-0.2, 0) is 32.5 Å². The number of carbonyl (C=O) groups excluding carboxylic acids is 1. The predicted octanol–water partition coefficient (Wildman–Crippen LogP) is 1.32. The topological polar surface area (TPSA) is 70.2 Å². The number of sulfonamides is 1. The minimum Gasteiger partial charge on any atom is -0.369 e. The van der Waals surface area contributed by atoms with Gasteiger partial charge in [-0.05, 0) is 64.0 Å². The van der Waals surface area contributed by atoms with Crippen LogP contribution in [0.15, 0.2) is 23.1 Å². The zero-order chi connectivity index (χ0) is 20.5. The van der Waals surface area contributed by atoms with E-state index in [1.54, 1.807) is 21.3 Å². The van der Waals surface area contributed by atoms with Gasteiger partial charge in [-0.1, -0.05) is 6.07 Å². The molecule has 0 radical (unpaired) electrons. The Bertz CT molecular complexity index is 823. The van der Waals surface area contributed by atoms with Crippen LogP contribution in [-0.4, -0.2) is 80.9 Å². The van der Waals surface area contributed by atoms with Gasteiger partial charge in [0.1, 0.15) is 6.61 Å². The fourth-order valence-corrected chi connectivity index (χ4v) is 5.28. The van der Waals surface area contributed by atoms with Crippen molar-refractivity contribution in [2.45, 2.75) is 50.3 Å². The lowest BCUT2D eigenvalue weighted by Gasteiger charge is -2.29. The van der Waals surface area contributed by atoms with Crippen molar-refractivity contribution in [1.29, 1.82) is 0 Å². The molecule has 1 amide bonds. The Labute approximate surface area is 168 Å². The average Bonchev–Trinajstić information content (AvgIpc) is 3.16. The third kappa shape index (κ3) is 4.56. The SMILES string of the molecule is CC(C)OCC(=O)N1CCc2ccc(S(=O)(=O)N3CC[C@H](N(C)C)C3)cc2C1. The number of carbonyl (C=O) groups is 1. The van der Waals surface area contributed by atoms with Crippen LogP contribution < -0.4 is 0 Å². The Morgan fingerprint density at radius 1 is 1.25 bits per heavy atom. The Morgan fingerprint density at radius 2 is 2.00 bits per heavy atom. The minimum absolute atomic E-state index is 0.00391. The second kappa shape index (κ2) is 8.49. The Balaban J connectivity index is 1.74. The van der Waals surface area contributed by atoms with E-state index in [-0.39, 0.29) is 24.7 Å². The molecule has 2 heterocycles. The van der Waals surface area contributed by atoms with E-state index >= 15 is 0 Å². The van der Waals surface area contributed by atoms with Crippen LogP contribution in [0.3, 0.4) is 0 Å². The van der Waals surface area contributed by atoms with E-state index in [1.807, 2.05) is 34.0 Å². The van der Waals surface area contributed by atoms with Crippen molar-refractivity contribution in [1.82, 2.24) is 14.1 Å². The molecule has 0 bridgehead atoms. The summed E-state index contributed by atoms with van der Waals surface area (Å²) in [6.45, 7) is 5.98. The summed E-state index contributed by atoms with van der Waals surface area (Å²) in [6, 6.07) is 5.60. The van der Waals surface area contributed by atoms with E-state index in [0.717, 1.165) is 24.0 Å². The maximum Gasteiger partial charge on any atom is 0.248 e. The predicted molar refractivity (Wildman–Crippen MR) is 108 cm³/mol. The highest BCUT2D eigenvalue weighted by molar-refractivity contribution is 7.89. The number of benzene rings is 1. The molecule has 3 rings (SSSR count). The van der Waals surface area contributed by atoms with E-state index in [1.165, 1.54) is 0 Å². The van der Waals surface area contributed by atoms with Gasteiger partial charge in [0.2, 0.25) is 15.9 Å². The van der Waals surface area contributed by atoms with Crippen molar-refractivity contribution in [3.63, 3.8) is 0 Å². The largest absolute Gasteiger partial charge is 0.369 e. The zero-order valence-electron chi connectivity index (χ0n) is 17.2. The number of likely N-dealkylation sites (N-methyl/N-ethyl adjacent to an activating group) is 1. The molecule has 0 unspecified atom stereocenters. The summed E-state index contributed by atoms with van der Waals surface area (Å²) in [5, 5.41) is 0. The molecule has 0 N–H and O–H groups in total. The third-order valence-electron chi connectivity index (χ3n) is 5.58. The van der Waals surface area contributed by atoms with Crippen LogP contribution in [0.1, 0.15) is 31.4 Å². The van der Waals surface area contributed by atoms with Crippen molar-refractivity contribution >= 4 is 15.9 Å². The summed E-state index contributed by atoms with van der Waals surface area (Å²) in [7, 11) is 0.442. The molecule has 0 spiro atoms. The number of hydrogen-bond acceptors (Lipinski definition) is 5. The van der Waals surface area contributed by atoms with E-state index < -0.39 is 10.0 Å². The van der Waals surface area contributed by atoms with Crippen LogP contribution in [0.2, 0.25) is 0 Å². The molecule has 0 saturated carbocycles. The first-order chi connectivity index (χ1) is 13.2. The molecule has 28 heavy (non-hydrogen) atoms. The maximum absolute atomic E-state index is 13.1. The summed E-state index contributed by atoms with van der Waals surface area (Å²) >= 11 is 0. The minimum atomic E-state index is -3.52. The van der Waals surface area contributed by atoms with Gasteiger partial charge in [0, 0.05) is 32.2 Å². The fraction of sp³-hybridized carbons (Fsp3) is 0.650. The lowest BCUT2D eigenvalue weighted by atomic mass is 10.00. The van der Waals surface area contributed by atoms with Gasteiger partial charge in [0.25, 0.3) is 0 Å². The van der Waals surface area contributed by atoms with Gasteiger partial charge in [-0.3, -0.25) is 4.79 Å². The van der Waals surface area contributed by atoms with Crippen LogP contribution >= 0.6 is 0 Å². The third-order valence-corrected chi connectivity index (χ3v) is 7.44. The van der Waals surface area contributed by atoms with Gasteiger partial charge in [-0.15, -0.1) is 0 Å². The molecule has 8 heteroatoms. The first-order valence-electron chi connectivity index (χ1n) is 9.86. The van der Waals surface area contributed by atoms with Crippen molar-refractivity contribution < 1.29 is 17.9 Å². The molecule has 1 aromatic rings. The van der Waals surface area contributed by atoms with Crippen molar-refractivity contribution in [3.05, 3.63) is 29.3 Å². The van der Waals surface area contributed by atoms with E-state index in [2.05, 4.69) is 4.90 Å². The van der Waals surface area contributed by atoms with Crippen LogP contribution in [0.4, 0.5) is 0 Å². The molecule has 0 aromatic heterocycles. The smallest absolute Gasteiger partial charge is 0.248 e. The number of rotatable bonds is 6. The highest BCUT2D eigenvalue weighted by Crippen LogP contribution is 2.27. The summed E-state index contributed by atoms with van der Waals surface area (Å²) in [6.07, 6.45) is 1.58. The van der Waals surface area contributed by atoms with Crippen molar-refractivity contribution in [2.75, 3.05) is 40.3 Å². The normalized spacial score (nSPS) is 20.8. The summed E-state index contributed by atoms with van der Waals surface area (Å²) in [5.41, 5.74) is 2.02. The monoisotopic (exact) mass is 409 g/mol. The lowest BCUT2D eigenvalue weighted by molar-refractivity contribution is -0.138. The molecule has 1 aromatic carbocycles. The molecule has 156 valence electrons. The van der Waals surface area contributed by atoms with Crippen LogP contribution in [0, 0.1) is 0 Å². The first-order valence-corrected chi connectivity index (χ1v) is 11.3. The lowest BCUT2D eigenvalue weighted by Crippen LogP contribution is -2.39. The Kier molecular flexibility index (Phi) is 6.44.